The summed E-state index contributed by atoms with van der Waals surface area (Å²) < 4.78 is 17.3. The third kappa shape index (κ3) is 2.79. The summed E-state index contributed by atoms with van der Waals surface area (Å²) >= 11 is 0. The molecular formula is C29H40O4. The Kier molecular flexibility index (Phi) is 5.19. The number of hydrogen-bond acceptors (Lipinski definition) is 4. The number of fused-ring (bicyclic) bond motifs is 1. The van der Waals surface area contributed by atoms with Crippen LogP contribution in [0.1, 0.15) is 83.3 Å². The van der Waals surface area contributed by atoms with E-state index in [-0.39, 0.29) is 16.8 Å². The maximum atomic E-state index is 13.1. The largest absolute Gasteiger partial charge is 0.496 e. The molecule has 0 amide bonds. The first-order valence-corrected chi connectivity index (χ1v) is 12.7. The van der Waals surface area contributed by atoms with Gasteiger partial charge in [-0.2, -0.15) is 0 Å². The van der Waals surface area contributed by atoms with Crippen molar-refractivity contribution in [3.63, 3.8) is 0 Å². The van der Waals surface area contributed by atoms with E-state index in [1.165, 1.54) is 17.5 Å². The molecule has 6 rings (SSSR count). The number of esters is 1. The molecule has 1 spiro atoms. The zero-order valence-electron chi connectivity index (χ0n) is 21.4. The number of hydrogen-bond donors (Lipinski definition) is 0. The summed E-state index contributed by atoms with van der Waals surface area (Å²) in [5, 5.41) is 0. The topological polar surface area (TPSA) is 44.8 Å². The molecule has 2 saturated carbocycles. The lowest BCUT2D eigenvalue weighted by atomic mass is 9.37. The number of ether oxygens (including phenoxy) is 3. The van der Waals surface area contributed by atoms with Crippen LogP contribution in [0.4, 0.5) is 0 Å². The van der Waals surface area contributed by atoms with Gasteiger partial charge in [-0.05, 0) is 74.3 Å². The molecule has 0 radical (unpaired) electrons. The fourth-order valence-corrected chi connectivity index (χ4v) is 9.00. The molecule has 0 N–H and O–H groups in total. The van der Waals surface area contributed by atoms with Gasteiger partial charge in [-0.25, -0.2) is 0 Å². The molecule has 0 heterocycles. The van der Waals surface area contributed by atoms with Crippen molar-refractivity contribution in [1.82, 2.24) is 0 Å². The highest BCUT2D eigenvalue weighted by atomic mass is 16.5. The second kappa shape index (κ2) is 7.52. The van der Waals surface area contributed by atoms with E-state index in [0.29, 0.717) is 23.7 Å². The maximum Gasteiger partial charge on any atom is 0.311 e. The van der Waals surface area contributed by atoms with Gasteiger partial charge in [-0.15, -0.1) is 0 Å². The Hall–Kier alpha value is -1.97. The molecule has 0 saturated heterocycles. The van der Waals surface area contributed by atoms with Crippen LogP contribution >= 0.6 is 0 Å². The second-order valence-electron chi connectivity index (χ2n) is 11.8. The van der Waals surface area contributed by atoms with E-state index in [2.05, 4.69) is 45.9 Å². The third-order valence-electron chi connectivity index (χ3n) is 10.3. The molecule has 2 bridgehead atoms. The van der Waals surface area contributed by atoms with Gasteiger partial charge in [0.1, 0.15) is 11.5 Å². The summed E-state index contributed by atoms with van der Waals surface area (Å²) in [6.45, 7) is 9.31. The molecule has 0 aliphatic heterocycles. The summed E-state index contributed by atoms with van der Waals surface area (Å²) in [5.41, 5.74) is 3.89. The van der Waals surface area contributed by atoms with Crippen LogP contribution < -0.4 is 9.47 Å². The normalized spacial score (nSPS) is 38.7. The van der Waals surface area contributed by atoms with Crippen LogP contribution in [0, 0.1) is 28.6 Å². The van der Waals surface area contributed by atoms with Crippen molar-refractivity contribution in [3.05, 3.63) is 34.9 Å². The van der Waals surface area contributed by atoms with Crippen LogP contribution in [0.3, 0.4) is 0 Å². The molecular weight excluding hydrogens is 412 g/mol. The van der Waals surface area contributed by atoms with Gasteiger partial charge < -0.3 is 14.2 Å². The maximum absolute atomic E-state index is 13.1. The van der Waals surface area contributed by atoms with Gasteiger partial charge in [0.15, 0.2) is 0 Å². The van der Waals surface area contributed by atoms with E-state index >= 15 is 0 Å². The van der Waals surface area contributed by atoms with E-state index in [4.69, 9.17) is 14.2 Å². The monoisotopic (exact) mass is 452 g/mol. The summed E-state index contributed by atoms with van der Waals surface area (Å²) in [7, 11) is 5.14. The standard InChI is InChI=1S/C29H40O4/c1-17(2)19-16-29-14-11-22-27(3,12-8-13-28(22,4)26(30)33-7)23(29)15-18(19)24-20(31-5)9-10-21(32-6)25(24)29/h9-10,16-18,22-23H,8,11-15H2,1-7H3/t18-,22+,23-,27+,28-,29-/m1/s1. The number of benzene rings is 1. The molecule has 5 aliphatic rings. The Labute approximate surface area is 199 Å². The van der Waals surface area contributed by atoms with Crippen molar-refractivity contribution < 1.29 is 19.0 Å². The number of carbonyl (C=O) groups excluding carboxylic acids is 1. The fourth-order valence-electron chi connectivity index (χ4n) is 9.00. The van der Waals surface area contributed by atoms with Crippen molar-refractivity contribution >= 4 is 5.97 Å². The van der Waals surface area contributed by atoms with E-state index in [1.54, 1.807) is 26.9 Å². The Balaban J connectivity index is 1.73. The Bertz CT molecular complexity index is 1010. The third-order valence-corrected chi connectivity index (χ3v) is 10.3. The minimum atomic E-state index is -0.397. The molecule has 2 fully saturated rings. The van der Waals surface area contributed by atoms with Crippen LogP contribution in [-0.4, -0.2) is 27.3 Å². The Morgan fingerprint density at radius 3 is 2.33 bits per heavy atom. The first kappa shape index (κ1) is 22.8. The van der Waals surface area contributed by atoms with Crippen LogP contribution in [0.25, 0.3) is 0 Å². The molecule has 180 valence electrons. The molecule has 4 heteroatoms. The zero-order chi connectivity index (χ0) is 23.8. The molecule has 4 nitrogen and oxygen atoms in total. The number of rotatable bonds is 4. The van der Waals surface area contributed by atoms with Crippen LogP contribution in [0.5, 0.6) is 11.5 Å². The van der Waals surface area contributed by atoms with E-state index in [0.717, 1.165) is 43.6 Å². The molecule has 1 aromatic rings. The van der Waals surface area contributed by atoms with Crippen molar-refractivity contribution in [3.8, 4) is 11.5 Å². The van der Waals surface area contributed by atoms with Crippen molar-refractivity contribution in [2.24, 2.45) is 28.6 Å². The molecule has 0 unspecified atom stereocenters. The summed E-state index contributed by atoms with van der Waals surface area (Å²) in [6.07, 6.45) is 9.05. The number of carbonyl (C=O) groups is 1. The van der Waals surface area contributed by atoms with Crippen molar-refractivity contribution in [2.45, 2.75) is 77.6 Å². The lowest BCUT2D eigenvalue weighted by Crippen LogP contribution is -2.62. The van der Waals surface area contributed by atoms with Crippen molar-refractivity contribution in [1.29, 1.82) is 0 Å². The summed E-state index contributed by atoms with van der Waals surface area (Å²) in [5.74, 6) is 3.64. The summed E-state index contributed by atoms with van der Waals surface area (Å²) in [6, 6.07) is 4.19. The lowest BCUT2D eigenvalue weighted by molar-refractivity contribution is -0.175. The average Bonchev–Trinajstić information content (AvgIpc) is 2.82. The quantitative estimate of drug-likeness (QED) is 0.390. The average molecular weight is 453 g/mol. The predicted molar refractivity (Wildman–Crippen MR) is 130 cm³/mol. The number of allylic oxidation sites excluding steroid dienone is 2. The van der Waals surface area contributed by atoms with Gasteiger partial charge in [-0.3, -0.25) is 4.79 Å². The van der Waals surface area contributed by atoms with Gasteiger partial charge in [0.2, 0.25) is 0 Å². The molecule has 5 aliphatic carbocycles. The SMILES string of the molecule is COC(=O)[C@]1(C)CCC[C@]2(C)[C@H]3C[C@@H]4C(C(C)C)=C[C@@]3(CC[C@@H]21)c1c(OC)ccc(OC)c14. The Morgan fingerprint density at radius 1 is 1.00 bits per heavy atom. The molecule has 1 aromatic carbocycles. The minimum absolute atomic E-state index is 0.0200. The zero-order valence-corrected chi connectivity index (χ0v) is 21.4. The minimum Gasteiger partial charge on any atom is -0.496 e. The van der Waals surface area contributed by atoms with Crippen LogP contribution in [-0.2, 0) is 14.9 Å². The molecule has 33 heavy (non-hydrogen) atoms. The lowest BCUT2D eigenvalue weighted by Gasteiger charge is -2.66. The predicted octanol–water partition coefficient (Wildman–Crippen LogP) is 6.42. The number of methoxy groups -OCH3 is 3. The van der Waals surface area contributed by atoms with Gasteiger partial charge >= 0.3 is 5.97 Å². The first-order chi connectivity index (χ1) is 15.7. The van der Waals surface area contributed by atoms with Gasteiger partial charge in [0.05, 0.1) is 26.7 Å². The molecule has 6 atom stereocenters. The second-order valence-corrected chi connectivity index (χ2v) is 11.8. The molecule has 0 aromatic heterocycles. The highest BCUT2D eigenvalue weighted by Gasteiger charge is 2.66. The van der Waals surface area contributed by atoms with Gasteiger partial charge in [0.25, 0.3) is 0 Å². The Morgan fingerprint density at radius 2 is 1.70 bits per heavy atom. The van der Waals surface area contributed by atoms with E-state index in [9.17, 15) is 4.79 Å². The van der Waals surface area contributed by atoms with Crippen LogP contribution in [0.15, 0.2) is 23.8 Å². The van der Waals surface area contributed by atoms with E-state index in [1.807, 2.05) is 0 Å². The summed E-state index contributed by atoms with van der Waals surface area (Å²) in [4.78, 5) is 13.1. The highest BCUT2D eigenvalue weighted by molar-refractivity contribution is 5.77. The highest BCUT2D eigenvalue weighted by Crippen LogP contribution is 2.73. The van der Waals surface area contributed by atoms with E-state index < -0.39 is 5.41 Å². The van der Waals surface area contributed by atoms with Gasteiger partial charge in [-0.1, -0.05) is 38.8 Å². The van der Waals surface area contributed by atoms with Gasteiger partial charge in [0, 0.05) is 22.5 Å². The fraction of sp³-hybridized carbons (Fsp3) is 0.690. The smallest absolute Gasteiger partial charge is 0.311 e. The van der Waals surface area contributed by atoms with Crippen LogP contribution in [0.2, 0.25) is 0 Å². The van der Waals surface area contributed by atoms with Crippen molar-refractivity contribution in [2.75, 3.05) is 21.3 Å². The first-order valence-electron chi connectivity index (χ1n) is 12.7.